The normalized spacial score (nSPS) is 11.2. The van der Waals surface area contributed by atoms with Crippen LogP contribution in [-0.4, -0.2) is 35.2 Å². The molecular formula is C16H15N5O6S. The van der Waals surface area contributed by atoms with Crippen LogP contribution < -0.4 is 15.0 Å². The summed E-state index contributed by atoms with van der Waals surface area (Å²) < 4.78 is 33.5. The molecule has 0 saturated heterocycles. The highest BCUT2D eigenvalue weighted by Crippen LogP contribution is 2.29. The predicted octanol–water partition coefficient (Wildman–Crippen LogP) is 1.59. The van der Waals surface area contributed by atoms with Crippen molar-refractivity contribution in [3.8, 4) is 11.6 Å². The summed E-state index contributed by atoms with van der Waals surface area (Å²) in [5.41, 5.74) is -0.217. The summed E-state index contributed by atoms with van der Waals surface area (Å²) in [5, 5.41) is 14.0. The molecule has 2 heterocycles. The topological polar surface area (TPSA) is 149 Å². The van der Waals surface area contributed by atoms with E-state index in [1.807, 2.05) is 0 Å². The van der Waals surface area contributed by atoms with Crippen molar-refractivity contribution in [2.75, 3.05) is 11.8 Å². The molecule has 0 bridgehead atoms. The number of aromatic amines is 1. The zero-order valence-electron chi connectivity index (χ0n) is 14.7. The fraction of sp³-hybridized carbons (Fsp3) is 0.125. The Kier molecular flexibility index (Phi) is 4.88. The highest BCUT2D eigenvalue weighted by molar-refractivity contribution is 7.92. The maximum atomic E-state index is 12.6. The Morgan fingerprint density at radius 2 is 2.00 bits per heavy atom. The Balaban J connectivity index is 1.92. The molecule has 2 aromatic heterocycles. The standard InChI is InChI=1S/C16H15N5O6S/c1-10-7-16(22)20(18-10)15-6-3-11(9-17-15)19-28(25,26)14-5-4-12(27-2)8-13(14)21(23)24/h3-9,18-19H,1-2H3. The SMILES string of the molecule is COc1ccc(S(=O)(=O)Nc2ccc(-n3[nH]c(C)cc3=O)nc2)c([N+](=O)[O-])c1. The van der Waals surface area contributed by atoms with Gasteiger partial charge in [-0.3, -0.25) is 24.7 Å². The number of pyridine rings is 1. The van der Waals surface area contributed by atoms with Crippen molar-refractivity contribution in [2.45, 2.75) is 11.8 Å². The zero-order chi connectivity index (χ0) is 20.5. The number of aromatic nitrogens is 3. The molecule has 0 aliphatic heterocycles. The van der Waals surface area contributed by atoms with Crippen LogP contribution in [0, 0.1) is 17.0 Å². The minimum absolute atomic E-state index is 0.0743. The van der Waals surface area contributed by atoms with Crippen molar-refractivity contribution >= 4 is 21.4 Å². The van der Waals surface area contributed by atoms with E-state index in [0.29, 0.717) is 5.69 Å². The van der Waals surface area contributed by atoms with Crippen molar-refractivity contribution < 1.29 is 18.1 Å². The number of nitrogens with zero attached hydrogens (tertiary/aromatic N) is 3. The zero-order valence-corrected chi connectivity index (χ0v) is 15.6. The first-order chi connectivity index (χ1) is 13.2. The number of hydrogen-bond donors (Lipinski definition) is 2. The maximum absolute atomic E-state index is 12.6. The molecule has 0 aliphatic rings. The lowest BCUT2D eigenvalue weighted by Crippen LogP contribution is -2.17. The van der Waals surface area contributed by atoms with E-state index in [1.165, 1.54) is 42.3 Å². The molecule has 2 N–H and O–H groups in total. The van der Waals surface area contributed by atoms with Gasteiger partial charge in [-0.25, -0.2) is 18.1 Å². The number of H-pyrrole nitrogens is 1. The van der Waals surface area contributed by atoms with Gasteiger partial charge in [0.25, 0.3) is 21.3 Å². The van der Waals surface area contributed by atoms with Crippen molar-refractivity contribution in [3.05, 3.63) is 68.8 Å². The number of sulfonamides is 1. The number of hydrogen-bond acceptors (Lipinski definition) is 7. The molecule has 0 aliphatic carbocycles. The van der Waals surface area contributed by atoms with Crippen molar-refractivity contribution in [1.29, 1.82) is 0 Å². The van der Waals surface area contributed by atoms with Gasteiger partial charge in [0.2, 0.25) is 0 Å². The molecule has 11 nitrogen and oxygen atoms in total. The molecule has 0 radical (unpaired) electrons. The van der Waals surface area contributed by atoms with E-state index in [0.717, 1.165) is 12.1 Å². The number of anilines is 1. The van der Waals surface area contributed by atoms with Crippen LogP contribution in [0.1, 0.15) is 5.69 Å². The molecular weight excluding hydrogens is 390 g/mol. The fourth-order valence-electron chi connectivity index (χ4n) is 2.47. The first-order valence-corrected chi connectivity index (χ1v) is 9.30. The molecule has 0 fully saturated rings. The smallest absolute Gasteiger partial charge is 0.293 e. The summed E-state index contributed by atoms with van der Waals surface area (Å²) >= 11 is 0. The Labute approximate surface area is 158 Å². The van der Waals surface area contributed by atoms with Gasteiger partial charge >= 0.3 is 0 Å². The van der Waals surface area contributed by atoms with Gasteiger partial charge in [-0.1, -0.05) is 0 Å². The first kappa shape index (κ1) is 19.1. The molecule has 28 heavy (non-hydrogen) atoms. The van der Waals surface area contributed by atoms with Gasteiger partial charge in [0, 0.05) is 11.8 Å². The molecule has 1 aromatic carbocycles. The molecule has 0 unspecified atom stereocenters. The Hall–Kier alpha value is -3.67. The molecule has 146 valence electrons. The van der Waals surface area contributed by atoms with Crippen LogP contribution in [0.2, 0.25) is 0 Å². The second kappa shape index (κ2) is 7.15. The van der Waals surface area contributed by atoms with E-state index in [2.05, 4.69) is 14.8 Å². The second-order valence-corrected chi connectivity index (χ2v) is 7.36. The predicted molar refractivity (Wildman–Crippen MR) is 99.4 cm³/mol. The van der Waals surface area contributed by atoms with Crippen molar-refractivity contribution in [1.82, 2.24) is 14.8 Å². The second-order valence-electron chi connectivity index (χ2n) is 5.71. The molecule has 3 aromatic rings. The average Bonchev–Trinajstić information content (AvgIpc) is 2.99. The van der Waals surface area contributed by atoms with Crippen LogP contribution in [0.4, 0.5) is 11.4 Å². The summed E-state index contributed by atoms with van der Waals surface area (Å²) in [6.45, 7) is 1.71. The van der Waals surface area contributed by atoms with Crippen molar-refractivity contribution in [3.63, 3.8) is 0 Å². The number of ether oxygens (including phenoxy) is 1. The number of nitrogens with one attached hydrogen (secondary N) is 2. The lowest BCUT2D eigenvalue weighted by molar-refractivity contribution is -0.387. The number of nitro groups is 1. The molecule has 3 rings (SSSR count). The lowest BCUT2D eigenvalue weighted by atomic mass is 10.3. The third-order valence-corrected chi connectivity index (χ3v) is 5.16. The molecule has 0 saturated carbocycles. The van der Waals surface area contributed by atoms with Crippen LogP contribution in [-0.2, 0) is 10.0 Å². The fourth-order valence-corrected chi connectivity index (χ4v) is 3.66. The highest BCUT2D eigenvalue weighted by atomic mass is 32.2. The van der Waals surface area contributed by atoms with E-state index in [4.69, 9.17) is 4.74 Å². The number of benzene rings is 1. The van der Waals surface area contributed by atoms with E-state index >= 15 is 0 Å². The summed E-state index contributed by atoms with van der Waals surface area (Å²) in [5.74, 6) is 0.417. The van der Waals surface area contributed by atoms with Crippen LogP contribution in [0.5, 0.6) is 5.75 Å². The van der Waals surface area contributed by atoms with Gasteiger partial charge < -0.3 is 4.74 Å². The molecule has 0 spiro atoms. The van der Waals surface area contributed by atoms with Gasteiger partial charge in [-0.05, 0) is 31.2 Å². The average molecular weight is 405 g/mol. The monoisotopic (exact) mass is 405 g/mol. The number of aryl methyl sites for hydroxylation is 1. The molecule has 0 amide bonds. The van der Waals surface area contributed by atoms with Crippen LogP contribution in [0.25, 0.3) is 5.82 Å². The molecule has 12 heteroatoms. The largest absolute Gasteiger partial charge is 0.497 e. The third kappa shape index (κ3) is 3.71. The summed E-state index contributed by atoms with van der Waals surface area (Å²) in [7, 11) is -2.94. The van der Waals surface area contributed by atoms with Crippen LogP contribution >= 0.6 is 0 Å². The summed E-state index contributed by atoms with van der Waals surface area (Å²) in [6.07, 6.45) is 1.20. The van der Waals surface area contributed by atoms with E-state index < -0.39 is 25.5 Å². The van der Waals surface area contributed by atoms with Crippen molar-refractivity contribution in [2.24, 2.45) is 0 Å². The Morgan fingerprint density at radius 1 is 1.25 bits per heavy atom. The van der Waals surface area contributed by atoms with Gasteiger partial charge in [-0.15, -0.1) is 0 Å². The minimum atomic E-state index is -4.26. The highest BCUT2D eigenvalue weighted by Gasteiger charge is 2.26. The minimum Gasteiger partial charge on any atom is -0.497 e. The number of rotatable bonds is 6. The summed E-state index contributed by atoms with van der Waals surface area (Å²) in [6, 6.07) is 7.62. The lowest BCUT2D eigenvalue weighted by Gasteiger charge is -2.10. The van der Waals surface area contributed by atoms with Crippen LogP contribution in [0.15, 0.2) is 52.3 Å². The summed E-state index contributed by atoms with van der Waals surface area (Å²) in [4.78, 5) is 25.7. The number of nitro benzene ring substituents is 1. The van der Waals surface area contributed by atoms with Crippen LogP contribution in [0.3, 0.4) is 0 Å². The van der Waals surface area contributed by atoms with Gasteiger partial charge in [0.1, 0.15) is 5.75 Å². The van der Waals surface area contributed by atoms with Gasteiger partial charge in [0.05, 0.1) is 30.0 Å². The van der Waals surface area contributed by atoms with E-state index in [-0.39, 0.29) is 22.8 Å². The first-order valence-electron chi connectivity index (χ1n) is 7.81. The van der Waals surface area contributed by atoms with E-state index in [9.17, 15) is 23.3 Å². The van der Waals surface area contributed by atoms with E-state index in [1.54, 1.807) is 6.92 Å². The number of methoxy groups -OCH3 is 1. The van der Waals surface area contributed by atoms with Gasteiger partial charge in [0.15, 0.2) is 10.7 Å². The Bertz CT molecular complexity index is 1200. The molecule has 0 atom stereocenters. The Morgan fingerprint density at radius 3 is 2.54 bits per heavy atom. The van der Waals surface area contributed by atoms with Gasteiger partial charge in [-0.2, -0.15) is 0 Å². The maximum Gasteiger partial charge on any atom is 0.293 e. The quantitative estimate of drug-likeness (QED) is 0.467. The third-order valence-electron chi connectivity index (χ3n) is 3.73.